The number of anilines is 3. The van der Waals surface area contributed by atoms with Crippen LogP contribution >= 0.6 is 11.3 Å². The van der Waals surface area contributed by atoms with Gasteiger partial charge in [0, 0.05) is 76.5 Å². The van der Waals surface area contributed by atoms with Crippen molar-refractivity contribution in [3.05, 3.63) is 53.0 Å². The minimum Gasteiger partial charge on any atom is -0.378 e. The first-order valence-electron chi connectivity index (χ1n) is 13.5. The number of H-pyrrole nitrogens is 1. The molecular formula is C28H38N8O2S. The molecule has 11 heteroatoms. The number of nitrogens with one attached hydrogen (secondary N) is 2. The molecule has 2 amide bonds. The Hall–Kier alpha value is -3.67. The van der Waals surface area contributed by atoms with Crippen LogP contribution < -0.4 is 16.0 Å². The van der Waals surface area contributed by atoms with Crippen molar-refractivity contribution < 1.29 is 12.4 Å². The van der Waals surface area contributed by atoms with Gasteiger partial charge in [-0.3, -0.25) is 0 Å². The largest absolute Gasteiger partial charge is 0.378 e. The summed E-state index contributed by atoms with van der Waals surface area (Å²) in [5.74, 6) is 0.537. The van der Waals surface area contributed by atoms with Gasteiger partial charge in [0.2, 0.25) is 5.95 Å². The number of aromatic nitrogens is 3. The molecule has 1 fully saturated rings. The number of nitrogens with two attached hydrogens (primary N) is 1. The predicted octanol–water partition coefficient (Wildman–Crippen LogP) is 4.52. The Kier molecular flexibility index (Phi) is 7.36. The number of ether oxygens (including phenoxy) is 1. The Morgan fingerprint density at radius 2 is 2.08 bits per heavy atom. The Balaban J connectivity index is 0.00000194. The summed E-state index contributed by atoms with van der Waals surface area (Å²) in [6.45, 7) is 8.30. The Labute approximate surface area is 234 Å². The van der Waals surface area contributed by atoms with Crippen molar-refractivity contribution in [3.63, 3.8) is 0 Å². The van der Waals surface area contributed by atoms with Crippen molar-refractivity contribution in [1.82, 2.24) is 24.8 Å². The van der Waals surface area contributed by atoms with Crippen LogP contribution in [-0.2, 0) is 17.7 Å². The van der Waals surface area contributed by atoms with Crippen LogP contribution in [0.15, 0.2) is 42.6 Å². The van der Waals surface area contributed by atoms with E-state index in [-0.39, 0.29) is 8.88 Å². The molecule has 0 unspecified atom stereocenters. The molecule has 0 aliphatic carbocycles. The van der Waals surface area contributed by atoms with E-state index in [0.717, 1.165) is 59.0 Å². The molecule has 0 saturated carbocycles. The zero-order valence-corrected chi connectivity index (χ0v) is 23.0. The van der Waals surface area contributed by atoms with Crippen molar-refractivity contribution in [3.8, 4) is 10.6 Å². The molecule has 0 atom stereocenters. The molecule has 1 aromatic carbocycles. The summed E-state index contributed by atoms with van der Waals surface area (Å²) in [5.41, 5.74) is 10.7. The van der Waals surface area contributed by atoms with E-state index in [4.69, 9.17) is 20.4 Å². The van der Waals surface area contributed by atoms with Gasteiger partial charge in [-0.15, -0.1) is 11.3 Å². The van der Waals surface area contributed by atoms with Crippen LogP contribution in [0.5, 0.6) is 0 Å². The van der Waals surface area contributed by atoms with E-state index in [2.05, 4.69) is 40.3 Å². The molecule has 39 heavy (non-hydrogen) atoms. The number of nitrogens with zero attached hydrogens (tertiary/aromatic N) is 5. The highest BCUT2D eigenvalue weighted by Crippen LogP contribution is 2.37. The van der Waals surface area contributed by atoms with Gasteiger partial charge in [-0.05, 0) is 49.2 Å². The molecule has 5 heterocycles. The number of hydrogen-bond donors (Lipinski definition) is 3. The van der Waals surface area contributed by atoms with Crippen molar-refractivity contribution in [1.29, 1.82) is 0 Å². The second-order valence-electron chi connectivity index (χ2n) is 9.79. The summed E-state index contributed by atoms with van der Waals surface area (Å²) in [6.07, 6.45) is 2.75. The van der Waals surface area contributed by atoms with Gasteiger partial charge in [-0.1, -0.05) is 6.07 Å². The SMILES string of the molecule is CCN(CCN)c1cccc(Nc2nc(-c3cc4c(s3)CCN(C(=O)N3CCOCC3)C4)c3cc[nH]c3n2)c1.[HH].[HH]. The van der Waals surface area contributed by atoms with E-state index >= 15 is 0 Å². The number of rotatable bonds is 7. The first-order chi connectivity index (χ1) is 19.1. The van der Waals surface area contributed by atoms with E-state index < -0.39 is 0 Å². The second kappa shape index (κ2) is 11.2. The summed E-state index contributed by atoms with van der Waals surface area (Å²) in [6, 6.07) is 12.6. The minimum atomic E-state index is 0. The molecule has 2 aliphatic rings. The topological polar surface area (TPSA) is 116 Å². The summed E-state index contributed by atoms with van der Waals surface area (Å²) in [7, 11) is 0. The van der Waals surface area contributed by atoms with Gasteiger partial charge < -0.3 is 35.5 Å². The molecule has 4 N–H and O–H groups in total. The number of carbonyl (C=O) groups excluding carboxylic acids is 1. The molecular weight excluding hydrogens is 512 g/mol. The minimum absolute atomic E-state index is 0. The third kappa shape index (κ3) is 5.29. The highest BCUT2D eigenvalue weighted by molar-refractivity contribution is 7.15. The molecule has 0 spiro atoms. The van der Waals surface area contributed by atoms with Crippen LogP contribution in [0.3, 0.4) is 0 Å². The van der Waals surface area contributed by atoms with Gasteiger partial charge >= 0.3 is 6.03 Å². The number of carbonyl (C=O) groups is 1. The fourth-order valence-electron chi connectivity index (χ4n) is 5.29. The maximum atomic E-state index is 13.1. The lowest BCUT2D eigenvalue weighted by molar-refractivity contribution is 0.0422. The second-order valence-corrected chi connectivity index (χ2v) is 10.9. The molecule has 3 aromatic heterocycles. The van der Waals surface area contributed by atoms with Gasteiger partial charge in [0.05, 0.1) is 23.8 Å². The first kappa shape index (κ1) is 25.6. The van der Waals surface area contributed by atoms with Gasteiger partial charge in [0.15, 0.2) is 0 Å². The number of hydrogen-bond acceptors (Lipinski definition) is 8. The number of thiophene rings is 1. The number of urea groups is 1. The zero-order chi connectivity index (χ0) is 26.8. The molecule has 208 valence electrons. The first-order valence-corrected chi connectivity index (χ1v) is 14.4. The van der Waals surface area contributed by atoms with Crippen molar-refractivity contribution in [2.75, 3.05) is 62.7 Å². The van der Waals surface area contributed by atoms with Crippen LogP contribution in [0.25, 0.3) is 21.6 Å². The van der Waals surface area contributed by atoms with Gasteiger partial charge in [-0.25, -0.2) is 9.78 Å². The smallest absolute Gasteiger partial charge is 0.320 e. The van der Waals surface area contributed by atoms with Gasteiger partial charge in [0.1, 0.15) is 5.65 Å². The average Bonchev–Trinajstić information content (AvgIpc) is 3.62. The number of amides is 2. The molecule has 1 saturated heterocycles. The highest BCUT2D eigenvalue weighted by Gasteiger charge is 2.28. The third-order valence-electron chi connectivity index (χ3n) is 7.32. The summed E-state index contributed by atoms with van der Waals surface area (Å²) >= 11 is 1.76. The van der Waals surface area contributed by atoms with Crippen LogP contribution in [0.1, 0.15) is 20.2 Å². The van der Waals surface area contributed by atoms with Crippen molar-refractivity contribution in [2.24, 2.45) is 5.73 Å². The number of aromatic amines is 1. The maximum Gasteiger partial charge on any atom is 0.320 e. The zero-order valence-electron chi connectivity index (χ0n) is 22.2. The van der Waals surface area contributed by atoms with Crippen molar-refractivity contribution >= 4 is 45.7 Å². The van der Waals surface area contributed by atoms with E-state index in [0.29, 0.717) is 45.3 Å². The predicted molar refractivity (Wildman–Crippen MR) is 160 cm³/mol. The van der Waals surface area contributed by atoms with E-state index in [1.807, 2.05) is 34.2 Å². The number of fused-ring (bicyclic) bond motifs is 2. The fourth-order valence-corrected chi connectivity index (χ4v) is 6.45. The third-order valence-corrected chi connectivity index (χ3v) is 8.56. The number of likely N-dealkylation sites (N-methyl/N-ethyl adjacent to an activating group) is 1. The molecule has 4 aromatic rings. The van der Waals surface area contributed by atoms with E-state index in [1.54, 1.807) is 11.3 Å². The van der Waals surface area contributed by atoms with Crippen LogP contribution in [0, 0.1) is 0 Å². The van der Waals surface area contributed by atoms with Gasteiger partial charge in [-0.2, -0.15) is 4.98 Å². The average molecular weight is 551 g/mol. The summed E-state index contributed by atoms with van der Waals surface area (Å²) in [5, 5.41) is 4.39. The fraction of sp³-hybridized carbons (Fsp3) is 0.393. The lowest BCUT2D eigenvalue weighted by Crippen LogP contribution is -2.49. The summed E-state index contributed by atoms with van der Waals surface area (Å²) in [4.78, 5) is 34.6. The van der Waals surface area contributed by atoms with E-state index in [1.165, 1.54) is 10.4 Å². The lowest BCUT2D eigenvalue weighted by atomic mass is 10.1. The molecule has 6 rings (SSSR count). The summed E-state index contributed by atoms with van der Waals surface area (Å²) < 4.78 is 5.42. The molecule has 10 nitrogen and oxygen atoms in total. The lowest BCUT2D eigenvalue weighted by Gasteiger charge is -2.34. The van der Waals surface area contributed by atoms with Crippen LogP contribution in [-0.4, -0.2) is 83.3 Å². The maximum absolute atomic E-state index is 13.1. The molecule has 0 bridgehead atoms. The molecule has 2 aliphatic heterocycles. The standard InChI is InChI=1S/C28H34N8O2S.2H2/c1-2-34(11-8-29)21-5-3-4-20(17-21)31-27-32-25(22-6-9-30-26(22)33-27)24-16-19-18-36(10-7-23(19)39-24)28(37)35-12-14-38-15-13-35;;/h3-6,9,16-17H,2,7-8,10-15,18,29H2,1H3,(H2,30,31,32,33);2*1H. The number of benzene rings is 1. The Bertz CT molecular complexity index is 1470. The van der Waals surface area contributed by atoms with Crippen LogP contribution in [0.2, 0.25) is 0 Å². The monoisotopic (exact) mass is 550 g/mol. The number of morpholine rings is 1. The Morgan fingerprint density at radius 3 is 2.90 bits per heavy atom. The molecule has 0 radical (unpaired) electrons. The van der Waals surface area contributed by atoms with Crippen molar-refractivity contribution in [2.45, 2.75) is 19.9 Å². The van der Waals surface area contributed by atoms with Crippen LogP contribution in [0.4, 0.5) is 22.1 Å². The Morgan fingerprint density at radius 1 is 1.21 bits per heavy atom. The van der Waals surface area contributed by atoms with E-state index in [9.17, 15) is 4.79 Å². The highest BCUT2D eigenvalue weighted by atomic mass is 32.1. The normalized spacial score (nSPS) is 15.4. The van der Waals surface area contributed by atoms with Gasteiger partial charge in [0.25, 0.3) is 0 Å². The quantitative estimate of drug-likeness (QED) is 0.310.